The minimum absolute atomic E-state index is 0.133. The van der Waals surface area contributed by atoms with Gasteiger partial charge < -0.3 is 10.2 Å². The van der Waals surface area contributed by atoms with E-state index in [0.717, 1.165) is 12.8 Å². The number of aliphatic hydroxyl groups is 2. The summed E-state index contributed by atoms with van der Waals surface area (Å²) >= 11 is 0. The average molecular weight is 308 g/mol. The zero-order chi connectivity index (χ0) is 15.3. The highest BCUT2D eigenvalue weighted by molar-refractivity contribution is 7.92. The van der Waals surface area contributed by atoms with Gasteiger partial charge >= 0.3 is 0 Å². The highest BCUT2D eigenvalue weighted by Crippen LogP contribution is 2.13. The van der Waals surface area contributed by atoms with Crippen molar-refractivity contribution < 1.29 is 18.6 Å². The van der Waals surface area contributed by atoms with Gasteiger partial charge in [-0.3, -0.25) is 0 Å². The number of rotatable bonds is 14. The molecular weight excluding hydrogens is 276 g/mol. The second-order valence-corrected chi connectivity index (χ2v) is 7.91. The van der Waals surface area contributed by atoms with Gasteiger partial charge in [0.25, 0.3) is 0 Å². The summed E-state index contributed by atoms with van der Waals surface area (Å²) in [5.41, 5.74) is 0. The Labute approximate surface area is 124 Å². The number of unbranched alkanes of at least 4 members (excludes halogenated alkanes) is 8. The summed E-state index contributed by atoms with van der Waals surface area (Å²) in [4.78, 5) is 0. The van der Waals surface area contributed by atoms with Crippen LogP contribution in [-0.4, -0.2) is 42.8 Å². The molecule has 5 heteroatoms. The lowest BCUT2D eigenvalue weighted by Gasteiger charge is -2.13. The minimum atomic E-state index is -3.25. The van der Waals surface area contributed by atoms with Crippen molar-refractivity contribution in [3.05, 3.63) is 0 Å². The predicted octanol–water partition coefficient (Wildman–Crippen LogP) is 2.68. The topological polar surface area (TPSA) is 74.6 Å². The fraction of sp³-hybridized carbons (Fsp3) is 1.00. The van der Waals surface area contributed by atoms with Gasteiger partial charge in [0.15, 0.2) is 9.84 Å². The Hall–Kier alpha value is -0.130. The lowest BCUT2D eigenvalue weighted by atomic mass is 10.1. The summed E-state index contributed by atoms with van der Waals surface area (Å²) in [7, 11) is -3.25. The quantitative estimate of drug-likeness (QED) is 0.484. The van der Waals surface area contributed by atoms with Crippen molar-refractivity contribution in [2.45, 2.75) is 76.4 Å². The zero-order valence-corrected chi connectivity index (χ0v) is 13.7. The molecule has 0 spiro atoms. The first-order valence-corrected chi connectivity index (χ1v) is 9.73. The Balaban J connectivity index is 3.62. The third kappa shape index (κ3) is 9.72. The maximum Gasteiger partial charge on any atom is 0.155 e. The molecule has 0 radical (unpaired) electrons. The standard InChI is InChI=1S/C15H32O4S/c1-2-3-4-5-6-7-8-9-10-13-20(18,19)15(14-17)11-12-16/h15-17H,2-14H2,1H3/t15-/m0/s1. The van der Waals surface area contributed by atoms with Gasteiger partial charge in [0.1, 0.15) is 0 Å². The Bertz CT molecular complexity index is 301. The molecule has 0 saturated carbocycles. The molecule has 0 fully saturated rings. The third-order valence-electron chi connectivity index (χ3n) is 3.69. The molecule has 0 aliphatic heterocycles. The fourth-order valence-corrected chi connectivity index (χ4v) is 3.94. The Kier molecular flexibility index (Phi) is 12.5. The van der Waals surface area contributed by atoms with E-state index in [0.29, 0.717) is 6.42 Å². The maximum atomic E-state index is 11.9. The van der Waals surface area contributed by atoms with Crippen molar-refractivity contribution in [3.63, 3.8) is 0 Å². The Morgan fingerprint density at radius 2 is 1.35 bits per heavy atom. The summed E-state index contributed by atoms with van der Waals surface area (Å²) in [6, 6.07) is 0. The van der Waals surface area contributed by atoms with Crippen LogP contribution in [0.2, 0.25) is 0 Å². The first-order valence-electron chi connectivity index (χ1n) is 8.01. The molecule has 0 aromatic carbocycles. The van der Waals surface area contributed by atoms with E-state index in [1.54, 1.807) is 0 Å². The molecule has 0 aliphatic rings. The average Bonchev–Trinajstić information content (AvgIpc) is 2.42. The van der Waals surface area contributed by atoms with Crippen molar-refractivity contribution in [3.8, 4) is 0 Å². The van der Waals surface area contributed by atoms with Crippen LogP contribution < -0.4 is 0 Å². The van der Waals surface area contributed by atoms with Crippen molar-refractivity contribution in [2.75, 3.05) is 19.0 Å². The summed E-state index contributed by atoms with van der Waals surface area (Å²) in [6.07, 6.45) is 10.4. The highest BCUT2D eigenvalue weighted by Gasteiger charge is 2.23. The van der Waals surface area contributed by atoms with E-state index in [2.05, 4.69) is 6.92 Å². The second kappa shape index (κ2) is 12.6. The van der Waals surface area contributed by atoms with Crippen LogP contribution in [0.5, 0.6) is 0 Å². The summed E-state index contributed by atoms with van der Waals surface area (Å²) < 4.78 is 23.8. The zero-order valence-electron chi connectivity index (χ0n) is 12.9. The number of hydrogen-bond donors (Lipinski definition) is 2. The Morgan fingerprint density at radius 3 is 1.80 bits per heavy atom. The summed E-state index contributed by atoms with van der Waals surface area (Å²) in [5.74, 6) is 0.133. The normalized spacial score (nSPS) is 13.6. The lowest BCUT2D eigenvalue weighted by molar-refractivity contribution is 0.243. The smallest absolute Gasteiger partial charge is 0.155 e. The van der Waals surface area contributed by atoms with E-state index in [4.69, 9.17) is 10.2 Å². The number of aliphatic hydroxyl groups excluding tert-OH is 2. The van der Waals surface area contributed by atoms with E-state index in [-0.39, 0.29) is 25.4 Å². The molecule has 0 amide bonds. The van der Waals surface area contributed by atoms with E-state index in [1.807, 2.05) is 0 Å². The van der Waals surface area contributed by atoms with Crippen LogP contribution in [0, 0.1) is 0 Å². The van der Waals surface area contributed by atoms with Crippen LogP contribution in [0.15, 0.2) is 0 Å². The molecule has 0 bridgehead atoms. The molecule has 0 rings (SSSR count). The molecule has 0 saturated heterocycles. The van der Waals surface area contributed by atoms with Crippen LogP contribution >= 0.6 is 0 Å². The minimum Gasteiger partial charge on any atom is -0.396 e. The summed E-state index contributed by atoms with van der Waals surface area (Å²) in [6.45, 7) is 1.62. The van der Waals surface area contributed by atoms with Gasteiger partial charge in [0.05, 0.1) is 17.6 Å². The largest absolute Gasteiger partial charge is 0.396 e. The third-order valence-corrected chi connectivity index (χ3v) is 5.95. The SMILES string of the molecule is CCCCCCCCCCCS(=O)(=O)[C@H](CO)CCO. The van der Waals surface area contributed by atoms with E-state index < -0.39 is 15.1 Å². The van der Waals surface area contributed by atoms with E-state index in [9.17, 15) is 8.42 Å². The van der Waals surface area contributed by atoms with Gasteiger partial charge in [0, 0.05) is 6.61 Å². The van der Waals surface area contributed by atoms with E-state index in [1.165, 1.54) is 38.5 Å². The first-order chi connectivity index (χ1) is 9.58. The molecular formula is C15H32O4S. The molecule has 0 heterocycles. The molecule has 20 heavy (non-hydrogen) atoms. The van der Waals surface area contributed by atoms with Crippen molar-refractivity contribution in [1.29, 1.82) is 0 Å². The van der Waals surface area contributed by atoms with Gasteiger partial charge in [-0.25, -0.2) is 8.42 Å². The van der Waals surface area contributed by atoms with Gasteiger partial charge in [-0.15, -0.1) is 0 Å². The molecule has 0 aromatic rings. The maximum absolute atomic E-state index is 11.9. The van der Waals surface area contributed by atoms with Gasteiger partial charge in [-0.2, -0.15) is 0 Å². The van der Waals surface area contributed by atoms with E-state index >= 15 is 0 Å². The molecule has 122 valence electrons. The first kappa shape index (κ1) is 19.9. The molecule has 2 N–H and O–H groups in total. The molecule has 0 aliphatic carbocycles. The fourth-order valence-electron chi connectivity index (χ4n) is 2.31. The van der Waals surface area contributed by atoms with Crippen molar-refractivity contribution in [1.82, 2.24) is 0 Å². The second-order valence-electron chi connectivity index (χ2n) is 5.51. The lowest BCUT2D eigenvalue weighted by Crippen LogP contribution is -2.28. The van der Waals surface area contributed by atoms with Crippen LogP contribution in [-0.2, 0) is 9.84 Å². The van der Waals surface area contributed by atoms with Crippen molar-refractivity contribution in [2.24, 2.45) is 0 Å². The molecule has 0 unspecified atom stereocenters. The Morgan fingerprint density at radius 1 is 0.850 bits per heavy atom. The molecule has 4 nitrogen and oxygen atoms in total. The predicted molar refractivity (Wildman–Crippen MR) is 83.6 cm³/mol. The van der Waals surface area contributed by atoms with Crippen LogP contribution in [0.1, 0.15) is 71.1 Å². The van der Waals surface area contributed by atoms with Gasteiger partial charge in [-0.1, -0.05) is 58.3 Å². The van der Waals surface area contributed by atoms with Gasteiger partial charge in [-0.05, 0) is 12.8 Å². The van der Waals surface area contributed by atoms with Crippen LogP contribution in [0.4, 0.5) is 0 Å². The monoisotopic (exact) mass is 308 g/mol. The number of hydrogen-bond acceptors (Lipinski definition) is 4. The van der Waals surface area contributed by atoms with Crippen molar-refractivity contribution >= 4 is 9.84 Å². The van der Waals surface area contributed by atoms with Crippen LogP contribution in [0.3, 0.4) is 0 Å². The van der Waals surface area contributed by atoms with Gasteiger partial charge in [0.2, 0.25) is 0 Å². The summed E-state index contributed by atoms with van der Waals surface area (Å²) in [5, 5.41) is 17.0. The number of sulfone groups is 1. The molecule has 0 aromatic heterocycles. The molecule has 1 atom stereocenters. The highest BCUT2D eigenvalue weighted by atomic mass is 32.2. The van der Waals surface area contributed by atoms with Crippen LogP contribution in [0.25, 0.3) is 0 Å².